The van der Waals surface area contributed by atoms with Gasteiger partial charge in [-0.2, -0.15) is 0 Å². The molecule has 0 bridgehead atoms. The van der Waals surface area contributed by atoms with Gasteiger partial charge >= 0.3 is 0 Å². The summed E-state index contributed by atoms with van der Waals surface area (Å²) in [7, 11) is 3.04. The number of methoxy groups -OCH3 is 2. The highest BCUT2D eigenvalue weighted by Crippen LogP contribution is 2.38. The maximum atomic E-state index is 11.5. The second kappa shape index (κ2) is 8.58. The van der Waals surface area contributed by atoms with Crippen LogP contribution >= 0.6 is 0 Å². The molecule has 0 spiro atoms. The Labute approximate surface area is 185 Å². The van der Waals surface area contributed by atoms with Crippen LogP contribution in [0.1, 0.15) is 30.2 Å². The minimum Gasteiger partial charge on any atom is -0.493 e. The Balaban J connectivity index is 1.71. The molecule has 0 saturated carbocycles. The lowest BCUT2D eigenvalue weighted by Gasteiger charge is -2.13. The number of hydrogen-bond acceptors (Lipinski definition) is 7. The van der Waals surface area contributed by atoms with Gasteiger partial charge < -0.3 is 24.5 Å². The number of anilines is 1. The fourth-order valence-electron chi connectivity index (χ4n) is 3.61. The first-order chi connectivity index (χ1) is 15.5. The number of carbonyl (C=O) groups is 1. The fraction of sp³-hybridized carbons (Fsp3) is 0.208. The van der Waals surface area contributed by atoms with Gasteiger partial charge in [-0.1, -0.05) is 12.1 Å². The Morgan fingerprint density at radius 1 is 1.00 bits per heavy atom. The van der Waals surface area contributed by atoms with Crippen LogP contribution in [-0.4, -0.2) is 35.0 Å². The zero-order valence-corrected chi connectivity index (χ0v) is 18.3. The molecule has 32 heavy (non-hydrogen) atoms. The monoisotopic (exact) mass is 432 g/mol. The number of nitrogens with two attached hydrogens (primary N) is 1. The summed E-state index contributed by atoms with van der Waals surface area (Å²) in [6, 6.07) is 11.0. The van der Waals surface area contributed by atoms with Gasteiger partial charge in [0.1, 0.15) is 29.3 Å². The van der Waals surface area contributed by atoms with Crippen molar-refractivity contribution in [2.45, 2.75) is 19.9 Å². The quantitative estimate of drug-likeness (QED) is 0.415. The standard InChI is InChI=1S/C24H24N4O4/c1-14(2)28-11-18(22-23(25)26-13-27-24(22)28)15-5-7-17(8-6-15)32-19-10-21(31-4)20(30-3)9-16(19)12-29/h5-14H,1-4H3,(H2,25,26,27). The molecule has 8 heteroatoms. The fourth-order valence-corrected chi connectivity index (χ4v) is 3.61. The minimum absolute atomic E-state index is 0.218. The number of aldehydes is 1. The molecule has 2 heterocycles. The van der Waals surface area contributed by atoms with Gasteiger partial charge in [-0.05, 0) is 37.6 Å². The number of rotatable bonds is 7. The molecule has 0 unspecified atom stereocenters. The van der Waals surface area contributed by atoms with Crippen LogP contribution in [0, 0.1) is 0 Å². The predicted molar refractivity (Wildman–Crippen MR) is 123 cm³/mol. The number of hydrogen-bond donors (Lipinski definition) is 1. The molecule has 0 saturated heterocycles. The molecular weight excluding hydrogens is 408 g/mol. The summed E-state index contributed by atoms with van der Waals surface area (Å²) >= 11 is 0. The second-order valence-electron chi connectivity index (χ2n) is 7.49. The SMILES string of the molecule is COc1cc(C=O)c(Oc2ccc(-c3cn(C(C)C)c4ncnc(N)c34)cc2)cc1OC. The first-order valence-electron chi connectivity index (χ1n) is 10.1. The Bertz CT molecular complexity index is 1280. The van der Waals surface area contributed by atoms with Crippen molar-refractivity contribution in [2.75, 3.05) is 20.0 Å². The second-order valence-corrected chi connectivity index (χ2v) is 7.49. The summed E-state index contributed by atoms with van der Waals surface area (Å²) in [4.78, 5) is 20.1. The smallest absolute Gasteiger partial charge is 0.164 e. The highest BCUT2D eigenvalue weighted by Gasteiger charge is 2.17. The van der Waals surface area contributed by atoms with Gasteiger partial charge in [0.25, 0.3) is 0 Å². The summed E-state index contributed by atoms with van der Waals surface area (Å²) in [6.07, 6.45) is 4.23. The molecule has 2 aromatic carbocycles. The zero-order valence-electron chi connectivity index (χ0n) is 18.3. The van der Waals surface area contributed by atoms with Crippen LogP contribution in [0.3, 0.4) is 0 Å². The number of ether oxygens (including phenoxy) is 3. The third kappa shape index (κ3) is 3.71. The Hall–Kier alpha value is -4.07. The van der Waals surface area contributed by atoms with Crippen molar-refractivity contribution in [2.24, 2.45) is 0 Å². The molecule has 0 aliphatic rings. The Morgan fingerprint density at radius 2 is 1.69 bits per heavy atom. The average Bonchev–Trinajstić information content (AvgIpc) is 3.20. The van der Waals surface area contributed by atoms with Gasteiger partial charge in [0.05, 0.1) is 25.2 Å². The molecule has 0 atom stereocenters. The molecule has 0 aliphatic carbocycles. The van der Waals surface area contributed by atoms with Crippen molar-refractivity contribution in [3.63, 3.8) is 0 Å². The van der Waals surface area contributed by atoms with E-state index in [0.717, 1.165) is 28.4 Å². The number of fused-ring (bicyclic) bond motifs is 1. The van der Waals surface area contributed by atoms with E-state index in [2.05, 4.69) is 28.4 Å². The molecule has 2 N–H and O–H groups in total. The average molecular weight is 432 g/mol. The lowest BCUT2D eigenvalue weighted by atomic mass is 10.1. The molecule has 8 nitrogen and oxygen atoms in total. The third-order valence-corrected chi connectivity index (χ3v) is 5.23. The minimum atomic E-state index is 0.218. The van der Waals surface area contributed by atoms with Crippen LogP contribution in [0.5, 0.6) is 23.0 Å². The highest BCUT2D eigenvalue weighted by molar-refractivity contribution is 6.00. The highest BCUT2D eigenvalue weighted by atomic mass is 16.5. The molecule has 0 aliphatic heterocycles. The van der Waals surface area contributed by atoms with E-state index in [9.17, 15) is 4.79 Å². The van der Waals surface area contributed by atoms with E-state index in [0.29, 0.717) is 34.4 Å². The van der Waals surface area contributed by atoms with Crippen molar-refractivity contribution in [1.82, 2.24) is 14.5 Å². The number of nitrogen functional groups attached to an aromatic ring is 1. The van der Waals surface area contributed by atoms with Gasteiger partial charge in [0.15, 0.2) is 17.8 Å². The van der Waals surface area contributed by atoms with Crippen molar-refractivity contribution in [3.05, 3.63) is 54.5 Å². The van der Waals surface area contributed by atoms with E-state index in [-0.39, 0.29) is 6.04 Å². The zero-order chi connectivity index (χ0) is 22.8. The molecule has 0 fully saturated rings. The van der Waals surface area contributed by atoms with Crippen molar-refractivity contribution in [3.8, 4) is 34.1 Å². The van der Waals surface area contributed by atoms with Crippen LogP contribution in [0.15, 0.2) is 48.9 Å². The van der Waals surface area contributed by atoms with Crippen LogP contribution in [0.25, 0.3) is 22.2 Å². The van der Waals surface area contributed by atoms with Crippen molar-refractivity contribution in [1.29, 1.82) is 0 Å². The predicted octanol–water partition coefficient (Wildman–Crippen LogP) is 4.88. The summed E-state index contributed by atoms with van der Waals surface area (Å²) in [6.45, 7) is 4.18. The van der Waals surface area contributed by atoms with Gasteiger partial charge in [-0.25, -0.2) is 9.97 Å². The molecule has 164 valence electrons. The van der Waals surface area contributed by atoms with E-state index in [1.54, 1.807) is 12.1 Å². The molecule has 2 aromatic heterocycles. The normalized spacial score (nSPS) is 11.0. The number of benzene rings is 2. The summed E-state index contributed by atoms with van der Waals surface area (Å²) in [5.41, 5.74) is 9.22. The summed E-state index contributed by atoms with van der Waals surface area (Å²) in [5, 5.41) is 0.818. The maximum absolute atomic E-state index is 11.5. The summed E-state index contributed by atoms with van der Waals surface area (Å²) < 4.78 is 18.6. The first kappa shape index (κ1) is 21.2. The molecule has 4 rings (SSSR count). The Kier molecular flexibility index (Phi) is 5.68. The Morgan fingerprint density at radius 3 is 2.31 bits per heavy atom. The molecule has 4 aromatic rings. The van der Waals surface area contributed by atoms with Crippen LogP contribution in [-0.2, 0) is 0 Å². The van der Waals surface area contributed by atoms with Gasteiger partial charge in [-0.15, -0.1) is 0 Å². The van der Waals surface area contributed by atoms with Crippen molar-refractivity contribution < 1.29 is 19.0 Å². The maximum Gasteiger partial charge on any atom is 0.164 e. The first-order valence-corrected chi connectivity index (χ1v) is 10.1. The molecular formula is C24H24N4O4. The van der Waals surface area contributed by atoms with Gasteiger partial charge in [-0.3, -0.25) is 4.79 Å². The molecule has 0 amide bonds. The molecule has 0 radical (unpaired) electrons. The van der Waals surface area contributed by atoms with Crippen LogP contribution in [0.4, 0.5) is 5.82 Å². The lowest BCUT2D eigenvalue weighted by Crippen LogP contribution is -2.00. The topological polar surface area (TPSA) is 101 Å². The summed E-state index contributed by atoms with van der Waals surface area (Å²) in [5.74, 6) is 2.31. The van der Waals surface area contributed by atoms with Gasteiger partial charge in [0, 0.05) is 23.9 Å². The number of nitrogens with zero attached hydrogens (tertiary/aromatic N) is 3. The number of carbonyl (C=O) groups excluding carboxylic acids is 1. The number of aromatic nitrogens is 3. The van der Waals surface area contributed by atoms with Crippen LogP contribution < -0.4 is 19.9 Å². The van der Waals surface area contributed by atoms with Gasteiger partial charge in [0.2, 0.25) is 0 Å². The van der Waals surface area contributed by atoms with E-state index in [1.165, 1.54) is 20.5 Å². The van der Waals surface area contributed by atoms with E-state index >= 15 is 0 Å². The lowest BCUT2D eigenvalue weighted by molar-refractivity contribution is 0.112. The van der Waals surface area contributed by atoms with E-state index in [1.807, 2.05) is 30.5 Å². The third-order valence-electron chi connectivity index (χ3n) is 5.23. The van der Waals surface area contributed by atoms with Crippen LogP contribution in [0.2, 0.25) is 0 Å². The van der Waals surface area contributed by atoms with E-state index < -0.39 is 0 Å². The van der Waals surface area contributed by atoms with E-state index in [4.69, 9.17) is 19.9 Å². The van der Waals surface area contributed by atoms with Crippen molar-refractivity contribution >= 4 is 23.1 Å². The largest absolute Gasteiger partial charge is 0.493 e.